The van der Waals surface area contributed by atoms with E-state index in [9.17, 15) is 9.90 Å². The molecule has 1 N–H and O–H groups in total. The van der Waals surface area contributed by atoms with E-state index < -0.39 is 0 Å². The lowest BCUT2D eigenvalue weighted by atomic mass is 9.59. The largest absolute Gasteiger partial charge is 0.507 e. The van der Waals surface area contributed by atoms with E-state index in [2.05, 4.69) is 53.7 Å². The van der Waals surface area contributed by atoms with E-state index in [1.165, 1.54) is 17.5 Å². The van der Waals surface area contributed by atoms with Crippen LogP contribution in [0.1, 0.15) is 92.9 Å². The maximum Gasteiger partial charge on any atom is 0.197 e. The van der Waals surface area contributed by atoms with Crippen LogP contribution in [0.4, 0.5) is 0 Å². The zero-order chi connectivity index (χ0) is 20.6. The molecule has 0 heterocycles. The Morgan fingerprint density at radius 3 is 2.39 bits per heavy atom. The number of rotatable bonds is 5. The molecule has 0 aliphatic heterocycles. The quantitative estimate of drug-likeness (QED) is 0.593. The number of hydrogen-bond donors (Lipinski definition) is 1. The van der Waals surface area contributed by atoms with Crippen molar-refractivity contribution >= 4 is 5.78 Å². The molecule has 0 aromatic heterocycles. The van der Waals surface area contributed by atoms with Crippen molar-refractivity contribution in [3.63, 3.8) is 0 Å². The van der Waals surface area contributed by atoms with Crippen LogP contribution in [-0.4, -0.2) is 10.9 Å². The highest BCUT2D eigenvalue weighted by Gasteiger charge is 2.41. The molecular formula is C26H34O2. The summed E-state index contributed by atoms with van der Waals surface area (Å²) in [5, 5.41) is 10.3. The smallest absolute Gasteiger partial charge is 0.197 e. The Morgan fingerprint density at radius 2 is 1.82 bits per heavy atom. The van der Waals surface area contributed by atoms with Gasteiger partial charge in [0, 0.05) is 5.56 Å². The fraction of sp³-hybridized carbons (Fsp3) is 0.500. The summed E-state index contributed by atoms with van der Waals surface area (Å²) in [6.07, 6.45) is 3.35. The van der Waals surface area contributed by atoms with Crippen LogP contribution in [-0.2, 0) is 11.8 Å². The lowest BCUT2D eigenvalue weighted by Crippen LogP contribution is -2.39. The van der Waals surface area contributed by atoms with Crippen LogP contribution in [0, 0.1) is 11.8 Å². The number of fused-ring (bicyclic) bond motifs is 1. The first-order valence-corrected chi connectivity index (χ1v) is 10.7. The molecule has 0 bridgehead atoms. The Bertz CT molecular complexity index is 878. The van der Waals surface area contributed by atoms with E-state index in [4.69, 9.17) is 0 Å². The summed E-state index contributed by atoms with van der Waals surface area (Å²) in [6.45, 7) is 13.6. The molecule has 0 saturated heterocycles. The van der Waals surface area contributed by atoms with Gasteiger partial charge in [0.2, 0.25) is 0 Å². The zero-order valence-electron chi connectivity index (χ0n) is 18.2. The molecule has 0 amide bonds. The third kappa shape index (κ3) is 3.38. The van der Waals surface area contributed by atoms with Gasteiger partial charge in [-0.3, -0.25) is 4.79 Å². The Kier molecular flexibility index (Phi) is 5.70. The number of ketones is 1. The molecular weight excluding hydrogens is 344 g/mol. The molecule has 2 aromatic carbocycles. The normalized spacial score (nSPS) is 21.8. The fourth-order valence-electron chi connectivity index (χ4n) is 5.24. The van der Waals surface area contributed by atoms with E-state index in [1.807, 2.05) is 6.07 Å². The number of phenols is 1. The van der Waals surface area contributed by atoms with Crippen molar-refractivity contribution in [2.24, 2.45) is 11.8 Å². The molecule has 0 spiro atoms. The Morgan fingerprint density at radius 1 is 1.14 bits per heavy atom. The fourth-order valence-corrected chi connectivity index (χ4v) is 5.24. The van der Waals surface area contributed by atoms with Crippen molar-refractivity contribution in [2.45, 2.75) is 72.1 Å². The molecule has 150 valence electrons. The number of hydrogen-bond acceptors (Lipinski definition) is 2. The molecule has 2 unspecified atom stereocenters. The van der Waals surface area contributed by atoms with Crippen LogP contribution in [0.25, 0.3) is 0 Å². The van der Waals surface area contributed by atoms with Crippen molar-refractivity contribution < 1.29 is 9.90 Å². The summed E-state index contributed by atoms with van der Waals surface area (Å²) in [4.78, 5) is 13.4. The third-order valence-corrected chi connectivity index (χ3v) is 6.99. The summed E-state index contributed by atoms with van der Waals surface area (Å²) in [5.41, 5.74) is 5.04. The molecule has 0 radical (unpaired) electrons. The first kappa shape index (κ1) is 20.6. The minimum absolute atomic E-state index is 0.0539. The van der Waals surface area contributed by atoms with Gasteiger partial charge in [-0.2, -0.15) is 0 Å². The monoisotopic (exact) mass is 378 g/mol. The molecule has 2 aromatic rings. The minimum atomic E-state index is -0.0743. The maximum absolute atomic E-state index is 13.4. The summed E-state index contributed by atoms with van der Waals surface area (Å²) >= 11 is 0. The van der Waals surface area contributed by atoms with Gasteiger partial charge in [0.1, 0.15) is 5.75 Å². The number of aromatic hydroxyl groups is 1. The van der Waals surface area contributed by atoms with E-state index in [-0.39, 0.29) is 22.9 Å². The molecule has 2 nitrogen and oxygen atoms in total. The summed E-state index contributed by atoms with van der Waals surface area (Å²) in [7, 11) is 0. The second-order valence-corrected chi connectivity index (χ2v) is 9.26. The number of carbonyl (C=O) groups excluding carboxylic acids is 1. The van der Waals surface area contributed by atoms with Gasteiger partial charge in [0.05, 0.1) is 5.56 Å². The van der Waals surface area contributed by atoms with Gasteiger partial charge in [-0.25, -0.2) is 0 Å². The highest BCUT2D eigenvalue weighted by Crippen LogP contribution is 2.48. The number of carbonyl (C=O) groups is 1. The maximum atomic E-state index is 13.4. The van der Waals surface area contributed by atoms with Crippen molar-refractivity contribution in [1.29, 1.82) is 0 Å². The molecule has 28 heavy (non-hydrogen) atoms. The second-order valence-electron chi connectivity index (χ2n) is 9.26. The minimum Gasteiger partial charge on any atom is -0.507 e. The molecule has 2 atom stereocenters. The van der Waals surface area contributed by atoms with Gasteiger partial charge in [0.25, 0.3) is 0 Å². The SMILES string of the molecule is CCC1(C)c2cc(C(=O)c3ccccc3O)c(C(C)C)cc2CCC1C(C)C. The summed E-state index contributed by atoms with van der Waals surface area (Å²) in [6, 6.07) is 11.3. The van der Waals surface area contributed by atoms with E-state index in [0.29, 0.717) is 17.4 Å². The van der Waals surface area contributed by atoms with E-state index in [1.54, 1.807) is 18.2 Å². The molecule has 1 aliphatic rings. The Labute approximate surface area is 170 Å². The van der Waals surface area contributed by atoms with Crippen LogP contribution in [0.5, 0.6) is 5.75 Å². The van der Waals surface area contributed by atoms with Crippen molar-refractivity contribution in [3.05, 3.63) is 64.2 Å². The number of aryl methyl sites for hydroxylation is 1. The molecule has 2 heteroatoms. The van der Waals surface area contributed by atoms with Crippen LogP contribution < -0.4 is 0 Å². The predicted octanol–water partition coefficient (Wildman–Crippen LogP) is 6.63. The average Bonchev–Trinajstić information content (AvgIpc) is 2.66. The van der Waals surface area contributed by atoms with Gasteiger partial charge >= 0.3 is 0 Å². The summed E-state index contributed by atoms with van der Waals surface area (Å²) < 4.78 is 0. The lowest BCUT2D eigenvalue weighted by molar-refractivity contribution is 0.103. The van der Waals surface area contributed by atoms with Crippen molar-refractivity contribution in [3.8, 4) is 5.75 Å². The molecule has 0 fully saturated rings. The Balaban J connectivity index is 2.22. The molecule has 1 aliphatic carbocycles. The third-order valence-electron chi connectivity index (χ3n) is 6.99. The summed E-state index contributed by atoms with van der Waals surface area (Å²) in [5.74, 6) is 1.46. The van der Waals surface area contributed by atoms with Crippen LogP contribution in [0.15, 0.2) is 36.4 Å². The average molecular weight is 379 g/mol. The van der Waals surface area contributed by atoms with Gasteiger partial charge in [-0.1, -0.05) is 59.7 Å². The van der Waals surface area contributed by atoms with Gasteiger partial charge < -0.3 is 5.11 Å². The van der Waals surface area contributed by atoms with Crippen molar-refractivity contribution in [2.75, 3.05) is 0 Å². The predicted molar refractivity (Wildman–Crippen MR) is 116 cm³/mol. The number of benzene rings is 2. The van der Waals surface area contributed by atoms with E-state index >= 15 is 0 Å². The topological polar surface area (TPSA) is 37.3 Å². The van der Waals surface area contributed by atoms with Gasteiger partial charge in [-0.05, 0) is 77.3 Å². The van der Waals surface area contributed by atoms with Crippen LogP contribution >= 0.6 is 0 Å². The first-order valence-electron chi connectivity index (χ1n) is 10.7. The Hall–Kier alpha value is -2.09. The van der Waals surface area contributed by atoms with Crippen LogP contribution in [0.3, 0.4) is 0 Å². The van der Waals surface area contributed by atoms with Gasteiger partial charge in [0.15, 0.2) is 5.78 Å². The standard InChI is InChI=1S/C26H34O2/c1-7-26(6)22(17(4)5)13-12-18-14-20(16(2)3)21(15-23(18)26)25(28)19-10-8-9-11-24(19)27/h8-11,14-17,22,27H,7,12-13H2,1-6H3. The highest BCUT2D eigenvalue weighted by molar-refractivity contribution is 6.11. The van der Waals surface area contributed by atoms with E-state index in [0.717, 1.165) is 24.0 Å². The first-order chi connectivity index (χ1) is 13.2. The highest BCUT2D eigenvalue weighted by atomic mass is 16.3. The number of para-hydroxylation sites is 1. The second kappa shape index (κ2) is 7.73. The molecule has 3 rings (SSSR count). The van der Waals surface area contributed by atoms with Crippen molar-refractivity contribution in [1.82, 2.24) is 0 Å². The van der Waals surface area contributed by atoms with Crippen LogP contribution in [0.2, 0.25) is 0 Å². The molecule has 0 saturated carbocycles. The lowest BCUT2D eigenvalue weighted by Gasteiger charge is -2.45. The number of phenolic OH excluding ortho intramolecular Hbond substituents is 1. The van der Waals surface area contributed by atoms with Gasteiger partial charge in [-0.15, -0.1) is 0 Å². The zero-order valence-corrected chi connectivity index (χ0v) is 18.2.